The molecule has 2 nitrogen and oxygen atoms in total. The van der Waals surface area contributed by atoms with Crippen molar-refractivity contribution in [2.24, 2.45) is 0 Å². The number of hydrogen-bond donors (Lipinski definition) is 1. The maximum absolute atomic E-state index is 5.99. The first-order chi connectivity index (χ1) is 9.72. The van der Waals surface area contributed by atoms with Crippen molar-refractivity contribution in [1.82, 2.24) is 5.32 Å². The third-order valence-electron chi connectivity index (χ3n) is 3.91. The number of ether oxygens (including phenoxy) is 1. The van der Waals surface area contributed by atoms with Gasteiger partial charge in [-0.25, -0.2) is 0 Å². The van der Waals surface area contributed by atoms with Crippen LogP contribution >= 0.6 is 0 Å². The number of aryl methyl sites for hydroxylation is 1. The van der Waals surface area contributed by atoms with E-state index in [0.717, 1.165) is 13.0 Å². The highest BCUT2D eigenvalue weighted by atomic mass is 16.5. The van der Waals surface area contributed by atoms with Gasteiger partial charge in [-0.3, -0.25) is 0 Å². The van der Waals surface area contributed by atoms with Gasteiger partial charge < -0.3 is 10.1 Å². The number of nitrogens with one attached hydrogen (secondary N) is 1. The second kappa shape index (κ2) is 9.95. The Kier molecular flexibility index (Phi) is 8.56. The van der Waals surface area contributed by atoms with E-state index < -0.39 is 0 Å². The summed E-state index contributed by atoms with van der Waals surface area (Å²) in [7, 11) is 2.01. The summed E-state index contributed by atoms with van der Waals surface area (Å²) in [5.74, 6) is 0. The second-order valence-corrected chi connectivity index (χ2v) is 5.50. The van der Waals surface area contributed by atoms with Crippen molar-refractivity contribution in [2.75, 3.05) is 13.7 Å². The van der Waals surface area contributed by atoms with Crippen LogP contribution in [-0.2, 0) is 11.2 Å². The first-order valence-electron chi connectivity index (χ1n) is 8.10. The first-order valence-corrected chi connectivity index (χ1v) is 8.10. The van der Waals surface area contributed by atoms with Crippen LogP contribution in [0.1, 0.15) is 63.6 Å². The van der Waals surface area contributed by atoms with Gasteiger partial charge in [-0.05, 0) is 37.9 Å². The predicted molar refractivity (Wildman–Crippen MR) is 87.2 cm³/mol. The van der Waals surface area contributed by atoms with E-state index in [1.807, 2.05) is 7.05 Å². The van der Waals surface area contributed by atoms with E-state index in [2.05, 4.69) is 50.4 Å². The number of likely N-dealkylation sites (N-methyl/N-ethyl adjacent to an activating group) is 1. The van der Waals surface area contributed by atoms with Gasteiger partial charge in [-0.1, -0.05) is 57.4 Å². The first kappa shape index (κ1) is 17.2. The van der Waals surface area contributed by atoms with Crippen LogP contribution in [-0.4, -0.2) is 19.8 Å². The lowest BCUT2D eigenvalue weighted by atomic mass is 10.0. The van der Waals surface area contributed by atoms with Gasteiger partial charge in [0.15, 0.2) is 0 Å². The van der Waals surface area contributed by atoms with Crippen molar-refractivity contribution in [3.05, 3.63) is 35.4 Å². The Labute approximate surface area is 124 Å². The van der Waals surface area contributed by atoms with E-state index in [1.54, 1.807) is 0 Å². The van der Waals surface area contributed by atoms with Crippen LogP contribution in [0.5, 0.6) is 0 Å². The van der Waals surface area contributed by atoms with E-state index >= 15 is 0 Å². The van der Waals surface area contributed by atoms with Crippen LogP contribution in [0.15, 0.2) is 24.3 Å². The third-order valence-corrected chi connectivity index (χ3v) is 3.91. The lowest BCUT2D eigenvalue weighted by Crippen LogP contribution is -2.29. The average Bonchev–Trinajstić information content (AvgIpc) is 2.48. The fourth-order valence-corrected chi connectivity index (χ4v) is 2.53. The van der Waals surface area contributed by atoms with E-state index in [0.29, 0.717) is 0 Å². The zero-order valence-corrected chi connectivity index (χ0v) is 13.6. The molecular weight excluding hydrogens is 246 g/mol. The Morgan fingerprint density at radius 2 is 1.75 bits per heavy atom. The molecule has 2 unspecified atom stereocenters. The Morgan fingerprint density at radius 1 is 1.05 bits per heavy atom. The molecule has 1 aromatic rings. The molecule has 0 saturated heterocycles. The van der Waals surface area contributed by atoms with Crippen molar-refractivity contribution in [1.29, 1.82) is 0 Å². The van der Waals surface area contributed by atoms with Crippen molar-refractivity contribution in [3.63, 3.8) is 0 Å². The molecule has 0 fully saturated rings. The maximum atomic E-state index is 5.99. The normalized spacial score (nSPS) is 14.2. The molecule has 0 saturated carbocycles. The van der Waals surface area contributed by atoms with Gasteiger partial charge in [-0.15, -0.1) is 0 Å². The van der Waals surface area contributed by atoms with Crippen molar-refractivity contribution >= 4 is 0 Å². The number of hydrogen-bond acceptors (Lipinski definition) is 2. The summed E-state index contributed by atoms with van der Waals surface area (Å²) in [6, 6.07) is 9.14. The monoisotopic (exact) mass is 277 g/mol. The molecule has 0 radical (unpaired) electrons. The largest absolute Gasteiger partial charge is 0.377 e. The summed E-state index contributed by atoms with van der Waals surface area (Å²) in [5.41, 5.74) is 2.70. The number of benzene rings is 1. The fraction of sp³-hybridized carbons (Fsp3) is 0.667. The Bertz CT molecular complexity index is 347. The van der Waals surface area contributed by atoms with Crippen LogP contribution in [0.3, 0.4) is 0 Å². The third kappa shape index (κ3) is 5.64. The minimum Gasteiger partial charge on any atom is -0.377 e. The number of unbranched alkanes of at least 4 members (excludes halogenated alkanes) is 3. The minimum absolute atomic E-state index is 0.203. The molecule has 1 N–H and O–H groups in total. The summed E-state index contributed by atoms with van der Waals surface area (Å²) in [6.45, 7) is 7.45. The van der Waals surface area contributed by atoms with Gasteiger partial charge >= 0.3 is 0 Å². The topological polar surface area (TPSA) is 21.3 Å². The lowest BCUT2D eigenvalue weighted by molar-refractivity contribution is 0.0380. The van der Waals surface area contributed by atoms with E-state index in [-0.39, 0.29) is 12.1 Å². The zero-order chi connectivity index (χ0) is 14.8. The maximum Gasteiger partial charge on any atom is 0.0741 e. The quantitative estimate of drug-likeness (QED) is 0.636. The summed E-state index contributed by atoms with van der Waals surface area (Å²) >= 11 is 0. The van der Waals surface area contributed by atoms with Gasteiger partial charge in [0.05, 0.1) is 12.1 Å². The minimum atomic E-state index is 0.203. The van der Waals surface area contributed by atoms with Crippen LogP contribution in [0.2, 0.25) is 0 Å². The van der Waals surface area contributed by atoms with E-state index in [1.165, 1.54) is 36.8 Å². The summed E-state index contributed by atoms with van der Waals surface area (Å²) in [4.78, 5) is 0. The summed E-state index contributed by atoms with van der Waals surface area (Å²) in [6.07, 6.45) is 6.33. The van der Waals surface area contributed by atoms with Crippen LogP contribution in [0.25, 0.3) is 0 Å². The zero-order valence-electron chi connectivity index (χ0n) is 13.6. The molecule has 0 aliphatic heterocycles. The highest BCUT2D eigenvalue weighted by molar-refractivity contribution is 5.25. The molecule has 0 heterocycles. The molecule has 0 bridgehead atoms. The molecule has 20 heavy (non-hydrogen) atoms. The molecule has 1 aromatic carbocycles. The molecule has 2 heteroatoms. The highest BCUT2D eigenvalue weighted by Crippen LogP contribution is 2.20. The molecule has 2 atom stereocenters. The Hall–Kier alpha value is -0.860. The molecular formula is C18H31NO. The molecule has 0 aliphatic rings. The Morgan fingerprint density at radius 3 is 2.30 bits per heavy atom. The predicted octanol–water partition coefficient (Wildman–Crippen LogP) is 4.49. The van der Waals surface area contributed by atoms with Crippen molar-refractivity contribution < 1.29 is 4.74 Å². The fourth-order valence-electron chi connectivity index (χ4n) is 2.53. The summed E-state index contributed by atoms with van der Waals surface area (Å²) in [5, 5.41) is 3.38. The SMILES string of the molecule is CCCCCCOC(C)C(NC)c1ccc(CC)cc1. The van der Waals surface area contributed by atoms with Crippen LogP contribution in [0, 0.1) is 0 Å². The molecule has 0 aromatic heterocycles. The second-order valence-electron chi connectivity index (χ2n) is 5.50. The number of rotatable bonds is 10. The van der Waals surface area contributed by atoms with Crippen molar-refractivity contribution in [3.8, 4) is 0 Å². The smallest absolute Gasteiger partial charge is 0.0741 e. The van der Waals surface area contributed by atoms with E-state index in [9.17, 15) is 0 Å². The molecule has 0 spiro atoms. The van der Waals surface area contributed by atoms with Gasteiger partial charge in [0.2, 0.25) is 0 Å². The molecule has 114 valence electrons. The highest BCUT2D eigenvalue weighted by Gasteiger charge is 2.17. The molecule has 0 amide bonds. The lowest BCUT2D eigenvalue weighted by Gasteiger charge is -2.24. The van der Waals surface area contributed by atoms with Gasteiger partial charge in [0.1, 0.15) is 0 Å². The standard InChI is InChI=1S/C18H31NO/c1-5-7-8-9-14-20-15(3)18(19-4)17-12-10-16(6-2)11-13-17/h10-13,15,18-19H,5-9,14H2,1-4H3. The average molecular weight is 277 g/mol. The van der Waals surface area contributed by atoms with Crippen LogP contribution < -0.4 is 5.32 Å². The van der Waals surface area contributed by atoms with Crippen molar-refractivity contribution in [2.45, 2.75) is 65.0 Å². The molecule has 0 aliphatic carbocycles. The van der Waals surface area contributed by atoms with Gasteiger partial charge in [0.25, 0.3) is 0 Å². The molecule has 1 rings (SSSR count). The Balaban J connectivity index is 2.46. The van der Waals surface area contributed by atoms with Gasteiger partial charge in [-0.2, -0.15) is 0 Å². The van der Waals surface area contributed by atoms with E-state index in [4.69, 9.17) is 4.74 Å². The summed E-state index contributed by atoms with van der Waals surface area (Å²) < 4.78 is 5.99. The van der Waals surface area contributed by atoms with Gasteiger partial charge in [0, 0.05) is 6.61 Å². The van der Waals surface area contributed by atoms with Crippen LogP contribution in [0.4, 0.5) is 0 Å².